The fraction of sp³-hybridized carbons (Fsp3) is 0.185. The summed E-state index contributed by atoms with van der Waals surface area (Å²) < 4.78 is 38.1. The molecule has 0 spiro atoms. The number of nitriles is 1. The van der Waals surface area contributed by atoms with Crippen LogP contribution in [0.4, 0.5) is 8.78 Å². The quantitative estimate of drug-likeness (QED) is 0.167. The van der Waals surface area contributed by atoms with E-state index in [0.29, 0.717) is 28.9 Å². The minimum absolute atomic E-state index is 0.147. The predicted molar refractivity (Wildman–Crippen MR) is 121 cm³/mol. The van der Waals surface area contributed by atoms with Gasteiger partial charge in [0, 0.05) is 29.5 Å². The lowest BCUT2D eigenvalue weighted by molar-refractivity contribution is -0.134. The summed E-state index contributed by atoms with van der Waals surface area (Å²) in [6, 6.07) is 19.3. The number of benzene rings is 3. The number of carbonyl (C=O) groups is 1. The highest BCUT2D eigenvalue weighted by Crippen LogP contribution is 2.27. The average Bonchev–Trinajstić information content (AvgIpc) is 3.22. The lowest BCUT2D eigenvalue weighted by Gasteiger charge is -2.08. The number of carbonyl (C=O) groups excluding carboxylic acids is 1. The summed E-state index contributed by atoms with van der Waals surface area (Å²) in [4.78, 5) is 12.1. The zero-order valence-corrected chi connectivity index (χ0v) is 17.8. The number of halogens is 2. The van der Waals surface area contributed by atoms with E-state index in [2.05, 4.69) is 0 Å². The number of hydrogen-bond donors (Lipinski definition) is 0. The van der Waals surface area contributed by atoms with E-state index in [1.165, 1.54) is 42.5 Å². The van der Waals surface area contributed by atoms with E-state index in [9.17, 15) is 13.6 Å². The van der Waals surface area contributed by atoms with Crippen molar-refractivity contribution in [3.63, 3.8) is 0 Å². The Hall–Kier alpha value is -3.98. The minimum Gasteiger partial charge on any atom is -0.446 e. The van der Waals surface area contributed by atoms with Crippen molar-refractivity contribution in [3.8, 4) is 22.9 Å². The average molecular weight is 445 g/mol. The van der Waals surface area contributed by atoms with Crippen LogP contribution in [0.5, 0.6) is 5.75 Å². The molecule has 0 unspecified atom stereocenters. The second-order valence-electron chi connectivity index (χ2n) is 7.78. The van der Waals surface area contributed by atoms with Gasteiger partial charge in [-0.3, -0.25) is 4.79 Å². The van der Waals surface area contributed by atoms with Gasteiger partial charge < -0.3 is 9.15 Å². The standard InChI is InChI=1S/C27H21F2NO3/c28-21-9-7-19(8-10-21)24-12-11-22(16-25(24)29)33-27(31)5-3-1-2-4-18-6-13-26-20(14-18)15-23(17-30)32-26/h6-16H,1-5H2. The zero-order valence-electron chi connectivity index (χ0n) is 17.8. The van der Waals surface area contributed by atoms with E-state index in [4.69, 9.17) is 14.4 Å². The molecule has 6 heteroatoms. The molecule has 0 aliphatic carbocycles. The summed E-state index contributed by atoms with van der Waals surface area (Å²) in [5.41, 5.74) is 2.70. The van der Waals surface area contributed by atoms with E-state index in [-0.39, 0.29) is 12.2 Å². The summed E-state index contributed by atoms with van der Waals surface area (Å²) in [7, 11) is 0. The maximum atomic E-state index is 14.4. The Morgan fingerprint density at radius 2 is 1.76 bits per heavy atom. The number of hydrogen-bond acceptors (Lipinski definition) is 4. The largest absolute Gasteiger partial charge is 0.446 e. The van der Waals surface area contributed by atoms with Crippen LogP contribution in [0.25, 0.3) is 22.1 Å². The van der Waals surface area contributed by atoms with Crippen LogP contribution < -0.4 is 4.74 Å². The molecule has 0 aliphatic heterocycles. The van der Waals surface area contributed by atoms with Crippen molar-refractivity contribution in [3.05, 3.63) is 89.7 Å². The SMILES string of the molecule is N#Cc1cc2cc(CCCCCC(=O)Oc3ccc(-c4ccc(F)cc4)c(F)c3)ccc2o1. The first-order valence-corrected chi connectivity index (χ1v) is 10.7. The van der Waals surface area contributed by atoms with Gasteiger partial charge in [0.1, 0.15) is 29.0 Å². The highest BCUT2D eigenvalue weighted by Gasteiger charge is 2.10. The fourth-order valence-corrected chi connectivity index (χ4v) is 3.68. The van der Waals surface area contributed by atoms with Gasteiger partial charge in [0.25, 0.3) is 0 Å². The topological polar surface area (TPSA) is 63.2 Å². The number of ether oxygens (including phenoxy) is 1. The number of fused-ring (bicyclic) bond motifs is 1. The molecule has 0 saturated heterocycles. The molecular weight excluding hydrogens is 424 g/mol. The van der Waals surface area contributed by atoms with Crippen molar-refractivity contribution >= 4 is 16.9 Å². The highest BCUT2D eigenvalue weighted by molar-refractivity contribution is 5.79. The lowest BCUT2D eigenvalue weighted by atomic mass is 10.0. The Bertz CT molecular complexity index is 1320. The second-order valence-corrected chi connectivity index (χ2v) is 7.78. The van der Waals surface area contributed by atoms with Crippen molar-refractivity contribution in [1.29, 1.82) is 5.26 Å². The molecule has 1 aromatic heterocycles. The smallest absolute Gasteiger partial charge is 0.311 e. The van der Waals surface area contributed by atoms with Crippen LogP contribution in [-0.2, 0) is 11.2 Å². The normalized spacial score (nSPS) is 10.8. The van der Waals surface area contributed by atoms with Crippen molar-refractivity contribution in [2.24, 2.45) is 0 Å². The first-order chi connectivity index (χ1) is 16.0. The molecule has 4 nitrogen and oxygen atoms in total. The van der Waals surface area contributed by atoms with Gasteiger partial charge in [-0.2, -0.15) is 5.26 Å². The third kappa shape index (κ3) is 5.64. The van der Waals surface area contributed by atoms with Crippen LogP contribution in [0.1, 0.15) is 37.0 Å². The number of nitrogens with zero attached hydrogens (tertiary/aromatic N) is 1. The van der Waals surface area contributed by atoms with Crippen molar-refractivity contribution in [2.75, 3.05) is 0 Å². The lowest BCUT2D eigenvalue weighted by Crippen LogP contribution is -2.07. The summed E-state index contributed by atoms with van der Waals surface area (Å²) in [5.74, 6) is -0.895. The van der Waals surface area contributed by atoms with Gasteiger partial charge in [0.05, 0.1) is 0 Å². The van der Waals surface area contributed by atoms with Crippen LogP contribution in [-0.4, -0.2) is 5.97 Å². The summed E-state index contributed by atoms with van der Waals surface area (Å²) in [6.45, 7) is 0. The molecule has 0 radical (unpaired) electrons. The minimum atomic E-state index is -0.539. The number of esters is 1. The van der Waals surface area contributed by atoms with Crippen LogP contribution >= 0.6 is 0 Å². The van der Waals surface area contributed by atoms with Gasteiger partial charge in [0.2, 0.25) is 5.76 Å². The first kappa shape index (κ1) is 22.2. The molecule has 0 saturated carbocycles. The molecule has 33 heavy (non-hydrogen) atoms. The predicted octanol–water partition coefficient (Wildman–Crippen LogP) is 6.96. The molecule has 0 atom stereocenters. The zero-order chi connectivity index (χ0) is 23.2. The van der Waals surface area contributed by atoms with Crippen molar-refractivity contribution in [2.45, 2.75) is 32.1 Å². The monoisotopic (exact) mass is 445 g/mol. The van der Waals surface area contributed by atoms with Crippen LogP contribution in [0.3, 0.4) is 0 Å². The summed E-state index contributed by atoms with van der Waals surface area (Å²) in [5, 5.41) is 9.82. The third-order valence-electron chi connectivity index (χ3n) is 5.36. The molecule has 0 bridgehead atoms. The van der Waals surface area contributed by atoms with Gasteiger partial charge in [0.15, 0.2) is 0 Å². The van der Waals surface area contributed by atoms with Gasteiger partial charge in [-0.15, -0.1) is 0 Å². The first-order valence-electron chi connectivity index (χ1n) is 10.7. The van der Waals surface area contributed by atoms with Gasteiger partial charge >= 0.3 is 5.97 Å². The van der Waals surface area contributed by atoms with Crippen LogP contribution in [0.15, 0.2) is 71.1 Å². The Balaban J connectivity index is 1.22. The summed E-state index contributed by atoms with van der Waals surface area (Å²) in [6.07, 6.45) is 3.52. The van der Waals surface area contributed by atoms with Crippen LogP contribution in [0.2, 0.25) is 0 Å². The van der Waals surface area contributed by atoms with E-state index >= 15 is 0 Å². The highest BCUT2D eigenvalue weighted by atomic mass is 19.1. The van der Waals surface area contributed by atoms with Crippen LogP contribution in [0, 0.1) is 23.0 Å². The Kier molecular flexibility index (Phi) is 6.80. The Morgan fingerprint density at radius 1 is 0.939 bits per heavy atom. The molecule has 4 aromatic rings. The number of aryl methyl sites for hydroxylation is 1. The fourth-order valence-electron chi connectivity index (χ4n) is 3.68. The van der Waals surface area contributed by atoms with E-state index in [0.717, 1.165) is 30.2 Å². The third-order valence-corrected chi connectivity index (χ3v) is 5.36. The Labute approximate surface area is 190 Å². The second kappa shape index (κ2) is 10.1. The molecular formula is C27H21F2NO3. The molecule has 3 aromatic carbocycles. The van der Waals surface area contributed by atoms with Gasteiger partial charge in [-0.05, 0) is 66.8 Å². The molecule has 0 aliphatic rings. The molecule has 4 rings (SSSR count). The maximum Gasteiger partial charge on any atom is 0.311 e. The molecule has 1 heterocycles. The number of unbranched alkanes of at least 4 members (excludes halogenated alkanes) is 2. The molecule has 166 valence electrons. The maximum absolute atomic E-state index is 14.4. The molecule has 0 amide bonds. The summed E-state index contributed by atoms with van der Waals surface area (Å²) >= 11 is 0. The molecule has 0 N–H and O–H groups in total. The van der Waals surface area contributed by atoms with Crippen molar-refractivity contribution in [1.82, 2.24) is 0 Å². The van der Waals surface area contributed by atoms with Gasteiger partial charge in [-0.25, -0.2) is 8.78 Å². The van der Waals surface area contributed by atoms with Gasteiger partial charge in [-0.1, -0.05) is 24.6 Å². The van der Waals surface area contributed by atoms with E-state index < -0.39 is 17.6 Å². The van der Waals surface area contributed by atoms with E-state index in [1.807, 2.05) is 24.3 Å². The van der Waals surface area contributed by atoms with E-state index in [1.54, 1.807) is 6.07 Å². The number of furan rings is 1. The Morgan fingerprint density at radius 3 is 2.52 bits per heavy atom. The molecule has 0 fully saturated rings. The van der Waals surface area contributed by atoms with Crippen molar-refractivity contribution < 1.29 is 22.7 Å². The number of rotatable bonds is 8.